The van der Waals surface area contributed by atoms with Gasteiger partial charge in [0, 0.05) is 35.1 Å². The molecule has 2 aromatic rings. The second-order valence-corrected chi connectivity index (χ2v) is 5.89. The molecule has 0 radical (unpaired) electrons. The van der Waals surface area contributed by atoms with Gasteiger partial charge in [0.05, 0.1) is 0 Å². The van der Waals surface area contributed by atoms with Gasteiger partial charge >= 0.3 is 0 Å². The van der Waals surface area contributed by atoms with Crippen LogP contribution in [0, 0.1) is 0 Å². The lowest BCUT2D eigenvalue weighted by atomic mass is 10.3. The van der Waals surface area contributed by atoms with Crippen LogP contribution in [0.3, 0.4) is 0 Å². The lowest BCUT2D eigenvalue weighted by Gasteiger charge is -2.04. The zero-order chi connectivity index (χ0) is 13.3. The fourth-order valence-electron chi connectivity index (χ4n) is 1.52. The first-order valence-corrected chi connectivity index (χ1v) is 7.31. The summed E-state index contributed by atoms with van der Waals surface area (Å²) in [7, 11) is 1.31. The Labute approximate surface area is 107 Å². The maximum Gasteiger partial charge on any atom is 0.296 e. The summed E-state index contributed by atoms with van der Waals surface area (Å²) in [4.78, 5) is 13.4. The molecule has 1 N–H and O–H groups in total. The van der Waals surface area contributed by atoms with Crippen molar-refractivity contribution in [3.05, 3.63) is 28.7 Å². The summed E-state index contributed by atoms with van der Waals surface area (Å²) in [6.45, 7) is 2.08. The highest BCUT2D eigenvalue weighted by Crippen LogP contribution is 2.20. The molecule has 0 amide bonds. The first-order valence-electron chi connectivity index (χ1n) is 5.00. The number of pyridine rings is 1. The van der Waals surface area contributed by atoms with Crippen molar-refractivity contribution in [1.82, 2.24) is 19.7 Å². The second-order valence-electron chi connectivity index (χ2n) is 3.43. The second kappa shape index (κ2) is 4.54. The minimum Gasteiger partial charge on any atom is -0.328 e. The van der Waals surface area contributed by atoms with Crippen LogP contribution in [0.5, 0.6) is 0 Å². The molecular formula is C9H9ClN4O3S. The molecule has 96 valence electrons. The van der Waals surface area contributed by atoms with Gasteiger partial charge in [0.15, 0.2) is 5.82 Å². The van der Waals surface area contributed by atoms with Gasteiger partial charge in [0.2, 0.25) is 5.56 Å². The van der Waals surface area contributed by atoms with Crippen molar-refractivity contribution in [3.63, 3.8) is 0 Å². The minimum absolute atomic E-state index is 0.258. The topological polar surface area (TPSA) is 97.7 Å². The van der Waals surface area contributed by atoms with Gasteiger partial charge in [-0.25, -0.2) is 8.42 Å². The number of nitrogens with zero attached hydrogens (tertiary/aromatic N) is 3. The number of rotatable bonds is 3. The molecule has 0 aliphatic carbocycles. The number of nitrogens with one attached hydrogen (secondary N) is 1. The van der Waals surface area contributed by atoms with Crippen LogP contribution in [0.1, 0.15) is 6.92 Å². The van der Waals surface area contributed by atoms with Crippen molar-refractivity contribution in [3.8, 4) is 11.4 Å². The maximum absolute atomic E-state index is 11.3. The van der Waals surface area contributed by atoms with Gasteiger partial charge < -0.3 is 4.98 Å². The van der Waals surface area contributed by atoms with Crippen molar-refractivity contribution in [1.29, 1.82) is 0 Å². The first-order chi connectivity index (χ1) is 8.43. The van der Waals surface area contributed by atoms with Gasteiger partial charge in [-0.3, -0.25) is 9.36 Å². The molecule has 0 aliphatic rings. The molecular weight excluding hydrogens is 280 g/mol. The summed E-state index contributed by atoms with van der Waals surface area (Å²) in [6, 6.07) is 2.85. The normalized spacial score (nSPS) is 11.7. The summed E-state index contributed by atoms with van der Waals surface area (Å²) in [6.07, 6.45) is 1.43. The summed E-state index contributed by atoms with van der Waals surface area (Å²) in [5.41, 5.74) is 0.294. The van der Waals surface area contributed by atoms with E-state index in [1.807, 2.05) is 0 Å². The molecule has 2 rings (SSSR count). The summed E-state index contributed by atoms with van der Waals surface area (Å²) in [5.74, 6) is 0.327. The molecule has 0 bridgehead atoms. The molecule has 0 aliphatic heterocycles. The Morgan fingerprint density at radius 2 is 2.11 bits per heavy atom. The number of H-pyrrole nitrogens is 1. The van der Waals surface area contributed by atoms with Crippen molar-refractivity contribution >= 4 is 19.7 Å². The summed E-state index contributed by atoms with van der Waals surface area (Å²) < 4.78 is 23.9. The Hall–Kier alpha value is -1.67. The Bertz CT molecular complexity index is 714. The maximum atomic E-state index is 11.3. The molecule has 2 heterocycles. The predicted octanol–water partition coefficient (Wildman–Crippen LogP) is 0.581. The predicted molar refractivity (Wildman–Crippen MR) is 64.8 cm³/mol. The molecule has 0 spiro atoms. The Kier molecular flexibility index (Phi) is 3.22. The van der Waals surface area contributed by atoms with Gasteiger partial charge in [0.25, 0.3) is 14.2 Å². The van der Waals surface area contributed by atoms with Crippen molar-refractivity contribution in [2.24, 2.45) is 0 Å². The summed E-state index contributed by atoms with van der Waals surface area (Å²) >= 11 is 0. The van der Waals surface area contributed by atoms with Gasteiger partial charge in [-0.05, 0) is 13.0 Å². The Morgan fingerprint density at radius 1 is 1.39 bits per heavy atom. The van der Waals surface area contributed by atoms with Crippen LogP contribution in [0.15, 0.2) is 28.3 Å². The lowest BCUT2D eigenvalue weighted by molar-refractivity contribution is 0.582. The van der Waals surface area contributed by atoms with E-state index in [1.165, 1.54) is 22.9 Å². The molecule has 0 fully saturated rings. The van der Waals surface area contributed by atoms with E-state index in [4.69, 9.17) is 10.7 Å². The van der Waals surface area contributed by atoms with Crippen LogP contribution in [0.2, 0.25) is 0 Å². The number of halogens is 1. The first kappa shape index (κ1) is 12.8. The molecule has 0 atom stereocenters. The van der Waals surface area contributed by atoms with E-state index in [0.717, 1.165) is 0 Å². The largest absolute Gasteiger partial charge is 0.328 e. The highest BCUT2D eigenvalue weighted by molar-refractivity contribution is 8.13. The van der Waals surface area contributed by atoms with Gasteiger partial charge in [-0.2, -0.15) is 0 Å². The zero-order valence-corrected chi connectivity index (χ0v) is 10.9. The standard InChI is InChI=1S/C9H9ClN4O3S/c1-2-14-8(6-3-4-7(15)11-5-6)12-13-9(14)18(10,16)17/h3-5H,2H2,1H3,(H,11,15). The van der Waals surface area contributed by atoms with Crippen molar-refractivity contribution in [2.45, 2.75) is 18.6 Å². The zero-order valence-electron chi connectivity index (χ0n) is 9.29. The molecule has 0 aromatic carbocycles. The van der Waals surface area contributed by atoms with Crippen LogP contribution in [0.25, 0.3) is 11.4 Å². The fourth-order valence-corrected chi connectivity index (χ4v) is 2.48. The van der Waals surface area contributed by atoms with Crippen LogP contribution < -0.4 is 5.56 Å². The number of hydrogen-bond donors (Lipinski definition) is 1. The van der Waals surface area contributed by atoms with Gasteiger partial charge in [-0.15, -0.1) is 10.2 Å². The van der Waals surface area contributed by atoms with E-state index in [-0.39, 0.29) is 10.7 Å². The quantitative estimate of drug-likeness (QED) is 0.833. The average Bonchev–Trinajstić information content (AvgIpc) is 2.73. The van der Waals surface area contributed by atoms with Crippen molar-refractivity contribution in [2.75, 3.05) is 0 Å². The highest BCUT2D eigenvalue weighted by Gasteiger charge is 2.22. The number of hydrogen-bond acceptors (Lipinski definition) is 5. The van der Waals surface area contributed by atoms with E-state index >= 15 is 0 Å². The Balaban J connectivity index is 2.63. The van der Waals surface area contributed by atoms with E-state index < -0.39 is 9.05 Å². The third-order valence-electron chi connectivity index (χ3n) is 2.29. The van der Waals surface area contributed by atoms with Crippen LogP contribution in [-0.2, 0) is 15.6 Å². The minimum atomic E-state index is -3.95. The highest BCUT2D eigenvalue weighted by atomic mass is 35.7. The fraction of sp³-hybridized carbons (Fsp3) is 0.222. The molecule has 2 aromatic heterocycles. The van der Waals surface area contributed by atoms with Gasteiger partial charge in [-0.1, -0.05) is 0 Å². The smallest absolute Gasteiger partial charge is 0.296 e. The Morgan fingerprint density at radius 3 is 2.61 bits per heavy atom. The SMILES string of the molecule is CCn1c(-c2ccc(=O)[nH]c2)nnc1S(=O)(=O)Cl. The van der Waals surface area contributed by atoms with Gasteiger partial charge in [0.1, 0.15) is 0 Å². The summed E-state index contributed by atoms with van der Waals surface area (Å²) in [5, 5.41) is 7.03. The molecule has 18 heavy (non-hydrogen) atoms. The van der Waals surface area contributed by atoms with E-state index in [9.17, 15) is 13.2 Å². The third kappa shape index (κ3) is 2.29. The molecule has 7 nitrogen and oxygen atoms in total. The van der Waals surface area contributed by atoms with Crippen molar-refractivity contribution < 1.29 is 8.42 Å². The number of aromatic nitrogens is 4. The van der Waals surface area contributed by atoms with E-state index in [0.29, 0.717) is 17.9 Å². The molecule has 0 saturated carbocycles. The number of aromatic amines is 1. The van der Waals surface area contributed by atoms with Crippen LogP contribution in [0.4, 0.5) is 0 Å². The van der Waals surface area contributed by atoms with Crippen LogP contribution >= 0.6 is 10.7 Å². The third-order valence-corrected chi connectivity index (χ3v) is 3.45. The van der Waals surface area contributed by atoms with E-state index in [1.54, 1.807) is 6.92 Å². The molecule has 0 unspecified atom stereocenters. The monoisotopic (exact) mass is 288 g/mol. The molecule has 0 saturated heterocycles. The lowest BCUT2D eigenvalue weighted by Crippen LogP contribution is -2.07. The van der Waals surface area contributed by atoms with E-state index in [2.05, 4.69) is 15.2 Å². The molecule has 9 heteroatoms. The van der Waals surface area contributed by atoms with Crippen LogP contribution in [-0.4, -0.2) is 28.2 Å². The average molecular weight is 289 g/mol.